The third kappa shape index (κ3) is 4.79. The Hall–Kier alpha value is -2.96. The van der Waals surface area contributed by atoms with Crippen molar-refractivity contribution in [2.24, 2.45) is 4.99 Å². The molecule has 1 aromatic carbocycles. The van der Waals surface area contributed by atoms with Crippen LogP contribution in [0.3, 0.4) is 0 Å². The quantitative estimate of drug-likeness (QED) is 0.593. The summed E-state index contributed by atoms with van der Waals surface area (Å²) in [6, 6.07) is 4.71. The summed E-state index contributed by atoms with van der Waals surface area (Å²) in [5.41, 5.74) is -0.583. The van der Waals surface area contributed by atoms with E-state index in [0.29, 0.717) is 16.4 Å². The van der Waals surface area contributed by atoms with Crippen LogP contribution in [0.5, 0.6) is 0 Å². The van der Waals surface area contributed by atoms with E-state index in [1.807, 2.05) is 0 Å². The summed E-state index contributed by atoms with van der Waals surface area (Å²) in [7, 11) is 1.14. The molecule has 0 saturated carbocycles. The van der Waals surface area contributed by atoms with Crippen LogP contribution in [-0.4, -0.2) is 65.8 Å². The van der Waals surface area contributed by atoms with E-state index in [4.69, 9.17) is 9.73 Å². The van der Waals surface area contributed by atoms with Crippen molar-refractivity contribution in [3.8, 4) is 0 Å². The van der Waals surface area contributed by atoms with Crippen molar-refractivity contribution >= 4 is 23.3 Å². The van der Waals surface area contributed by atoms with E-state index in [9.17, 15) is 23.1 Å². The molecule has 0 spiro atoms. The number of carbonyl (C=O) groups is 1. The van der Waals surface area contributed by atoms with Crippen molar-refractivity contribution < 1.29 is 32.5 Å². The van der Waals surface area contributed by atoms with Gasteiger partial charge in [-0.1, -0.05) is 12.1 Å². The highest BCUT2D eigenvalue weighted by atomic mass is 32.1. The van der Waals surface area contributed by atoms with Crippen molar-refractivity contribution in [3.05, 3.63) is 63.7 Å². The smallest absolute Gasteiger partial charge is 0.437 e. The number of methoxy groups -OCH3 is 1. The molecule has 4 rings (SSSR count). The molecule has 2 aliphatic heterocycles. The Morgan fingerprint density at radius 3 is 2.71 bits per heavy atom. The number of hydrogen-bond donors (Lipinski definition) is 2. The fraction of sp³-hybridized carbons (Fsp3) is 0.409. The minimum absolute atomic E-state index is 0.0122. The van der Waals surface area contributed by atoms with Crippen LogP contribution in [0, 0.1) is 5.82 Å². The first kappa shape index (κ1) is 24.2. The van der Waals surface area contributed by atoms with Gasteiger partial charge in [-0.05, 0) is 24.6 Å². The highest BCUT2D eigenvalue weighted by molar-refractivity contribution is 7.11. The van der Waals surface area contributed by atoms with Crippen molar-refractivity contribution in [1.82, 2.24) is 15.2 Å². The first-order valence-corrected chi connectivity index (χ1v) is 11.3. The van der Waals surface area contributed by atoms with Gasteiger partial charge in [0.15, 0.2) is 16.6 Å². The van der Waals surface area contributed by atoms with Gasteiger partial charge in [-0.15, -0.1) is 11.3 Å². The average molecular weight is 497 g/mol. The fourth-order valence-corrected chi connectivity index (χ4v) is 4.72. The molecule has 8 nitrogen and oxygen atoms in total. The van der Waals surface area contributed by atoms with Crippen molar-refractivity contribution in [2.75, 3.05) is 26.8 Å². The molecule has 1 aromatic heterocycles. The highest BCUT2D eigenvalue weighted by Crippen LogP contribution is 2.40. The number of aliphatic hydroxyl groups excluding tert-OH is 1. The number of amidine groups is 1. The number of ether oxygens (including phenoxy) is 2. The number of likely N-dealkylation sites (tertiary alicyclic amines) is 1. The molecule has 34 heavy (non-hydrogen) atoms. The number of rotatable bonds is 6. The number of aromatic nitrogens is 1. The van der Waals surface area contributed by atoms with Crippen LogP contribution < -0.4 is 5.32 Å². The Balaban J connectivity index is 1.84. The molecule has 2 N–H and O–H groups in total. The van der Waals surface area contributed by atoms with E-state index in [1.54, 1.807) is 18.5 Å². The molecule has 3 heterocycles. The number of benzene rings is 1. The molecule has 0 unspecified atom stereocenters. The fourth-order valence-electron chi connectivity index (χ4n) is 4.14. The summed E-state index contributed by atoms with van der Waals surface area (Å²) in [5, 5.41) is 15.0. The van der Waals surface area contributed by atoms with Crippen LogP contribution in [0.25, 0.3) is 0 Å². The number of aliphatic imine (C=N–C) groups is 1. The maximum atomic E-state index is 14.1. The minimum atomic E-state index is -2.97. The molecule has 0 amide bonds. The third-order valence-corrected chi connectivity index (χ3v) is 6.55. The largest absolute Gasteiger partial charge is 0.513 e. The number of hydrogen-bond acceptors (Lipinski definition) is 9. The summed E-state index contributed by atoms with van der Waals surface area (Å²) in [6.07, 6.45) is 0.0691. The van der Waals surface area contributed by atoms with Crippen LogP contribution >= 0.6 is 11.3 Å². The van der Waals surface area contributed by atoms with Gasteiger partial charge >= 0.3 is 6.16 Å². The summed E-state index contributed by atoms with van der Waals surface area (Å²) in [6.45, 7) is 0.522. The van der Waals surface area contributed by atoms with Crippen molar-refractivity contribution in [1.29, 1.82) is 0 Å². The summed E-state index contributed by atoms with van der Waals surface area (Å²) < 4.78 is 52.1. The molecule has 1 fully saturated rings. The molecule has 1 saturated heterocycles. The van der Waals surface area contributed by atoms with E-state index in [2.05, 4.69) is 15.0 Å². The number of thiazole rings is 1. The molecule has 2 aliphatic rings. The molecule has 12 heteroatoms. The van der Waals surface area contributed by atoms with Gasteiger partial charge in [-0.3, -0.25) is 4.90 Å². The van der Waals surface area contributed by atoms with E-state index in [0.717, 1.165) is 7.11 Å². The van der Waals surface area contributed by atoms with Crippen LogP contribution in [0.15, 0.2) is 52.3 Å². The lowest BCUT2D eigenvalue weighted by atomic mass is 9.88. The second-order valence-corrected chi connectivity index (χ2v) is 9.06. The number of aliphatic hydroxyl groups is 1. The van der Waals surface area contributed by atoms with Crippen molar-refractivity contribution in [2.45, 2.75) is 30.8 Å². The van der Waals surface area contributed by atoms with Gasteiger partial charge in [0, 0.05) is 30.6 Å². The minimum Gasteiger partial charge on any atom is -0.437 e. The maximum Gasteiger partial charge on any atom is 0.513 e. The van der Waals surface area contributed by atoms with Crippen LogP contribution in [-0.2, 0) is 15.0 Å². The first-order chi connectivity index (χ1) is 16.1. The maximum absolute atomic E-state index is 14.1. The standard InChI is InChI=1S/C22H23F3N4O4S/c1-21(13-3-5-14(23)6-4-13)17(33-20(31)32-2)16(27-18(28-21)19-26-7-8-34-19)10-29-12-22(24,25)9-15(29)11-30/h3-8,15,30H,9-12H2,1-2H3,(H,27,28)/t15-,21-/m0/s1. The van der Waals surface area contributed by atoms with Gasteiger partial charge in [-0.2, -0.15) is 0 Å². The van der Waals surface area contributed by atoms with Crippen LogP contribution in [0.4, 0.5) is 18.0 Å². The van der Waals surface area contributed by atoms with Gasteiger partial charge in [-0.25, -0.2) is 27.9 Å². The monoisotopic (exact) mass is 496 g/mol. The van der Waals surface area contributed by atoms with Crippen LogP contribution in [0.2, 0.25) is 0 Å². The zero-order valence-corrected chi connectivity index (χ0v) is 19.2. The molecule has 0 bridgehead atoms. The van der Waals surface area contributed by atoms with Gasteiger partial charge in [0.25, 0.3) is 5.92 Å². The first-order valence-electron chi connectivity index (χ1n) is 10.4. The second-order valence-electron chi connectivity index (χ2n) is 8.17. The average Bonchev–Trinajstić information content (AvgIpc) is 3.43. The molecule has 0 radical (unpaired) electrons. The van der Waals surface area contributed by atoms with Gasteiger partial charge in [0.2, 0.25) is 0 Å². The summed E-state index contributed by atoms with van der Waals surface area (Å²) in [4.78, 5) is 22.6. The van der Waals surface area contributed by atoms with Crippen LogP contribution in [0.1, 0.15) is 23.9 Å². The lowest BCUT2D eigenvalue weighted by Gasteiger charge is -2.36. The van der Waals surface area contributed by atoms with Gasteiger partial charge < -0.3 is 19.9 Å². The lowest BCUT2D eigenvalue weighted by Crippen LogP contribution is -2.45. The predicted octanol–water partition coefficient (Wildman–Crippen LogP) is 3.24. The number of halogens is 3. The van der Waals surface area contributed by atoms with Gasteiger partial charge in [0.1, 0.15) is 11.4 Å². The normalized spacial score (nSPS) is 24.5. The van der Waals surface area contributed by atoms with E-state index < -0.39 is 49.0 Å². The third-order valence-electron chi connectivity index (χ3n) is 5.77. The summed E-state index contributed by atoms with van der Waals surface area (Å²) >= 11 is 1.30. The van der Waals surface area contributed by atoms with E-state index >= 15 is 0 Å². The Morgan fingerprint density at radius 1 is 1.35 bits per heavy atom. The Bertz CT molecular complexity index is 1110. The topological polar surface area (TPSA) is 96.3 Å². The number of carbonyl (C=O) groups excluding carboxylic acids is 1. The molecule has 0 aliphatic carbocycles. The van der Waals surface area contributed by atoms with Crippen molar-refractivity contribution in [3.63, 3.8) is 0 Å². The predicted molar refractivity (Wildman–Crippen MR) is 118 cm³/mol. The van der Waals surface area contributed by atoms with E-state index in [-0.39, 0.29) is 18.0 Å². The van der Waals surface area contributed by atoms with E-state index in [1.165, 1.54) is 40.5 Å². The zero-order chi connectivity index (χ0) is 24.5. The summed E-state index contributed by atoms with van der Waals surface area (Å²) in [5.74, 6) is -3.09. The number of nitrogens with zero attached hydrogens (tertiary/aromatic N) is 3. The lowest BCUT2D eigenvalue weighted by molar-refractivity contribution is 0.0122. The zero-order valence-electron chi connectivity index (χ0n) is 18.4. The Labute approximate surface area is 197 Å². The number of nitrogens with one attached hydrogen (secondary N) is 1. The molecule has 2 atom stereocenters. The Morgan fingerprint density at radius 2 is 2.09 bits per heavy atom. The Kier molecular flexibility index (Phi) is 6.65. The molecule has 2 aromatic rings. The van der Waals surface area contributed by atoms with Gasteiger partial charge in [0.05, 0.1) is 26.0 Å². The highest BCUT2D eigenvalue weighted by Gasteiger charge is 2.47. The molecule has 182 valence electrons. The molecular weight excluding hydrogens is 473 g/mol. The molecular formula is C22H23F3N4O4S. The number of alkyl halides is 2. The second kappa shape index (κ2) is 9.35. The SMILES string of the molecule is COC(=O)OC1=C(CN2CC(F)(F)C[C@H]2CO)NC(c2nccs2)=N[C@@]1(C)c1ccc(F)cc1.